The van der Waals surface area contributed by atoms with Crippen molar-refractivity contribution in [3.8, 4) is 5.75 Å². The van der Waals surface area contributed by atoms with E-state index in [1.54, 1.807) is 6.07 Å². The van der Waals surface area contributed by atoms with Gasteiger partial charge >= 0.3 is 0 Å². The van der Waals surface area contributed by atoms with Gasteiger partial charge < -0.3 is 15.2 Å². The topological polar surface area (TPSA) is 105 Å². The lowest BCUT2D eigenvalue weighted by molar-refractivity contribution is -0.123. The molecule has 2 aromatic rings. The molecule has 26 heavy (non-hydrogen) atoms. The molecule has 0 saturated heterocycles. The molecular weight excluding hydrogens is 356 g/mol. The van der Waals surface area contributed by atoms with Gasteiger partial charge in [-0.2, -0.15) is 0 Å². The van der Waals surface area contributed by atoms with Crippen LogP contribution in [0.1, 0.15) is 11.1 Å². The number of rotatable bonds is 8. The predicted octanol–water partition coefficient (Wildman–Crippen LogP) is 1.59. The molecule has 7 nitrogen and oxygen atoms in total. The number of hydrogen-bond acceptors (Lipinski definition) is 5. The maximum Gasteiger partial charge on any atom is 0.261 e. The van der Waals surface area contributed by atoms with Gasteiger partial charge in [-0.3, -0.25) is 9.52 Å². The molecule has 0 saturated carbocycles. The van der Waals surface area contributed by atoms with Crippen molar-refractivity contribution >= 4 is 21.6 Å². The van der Waals surface area contributed by atoms with Crippen molar-refractivity contribution in [1.82, 2.24) is 5.32 Å². The fourth-order valence-corrected chi connectivity index (χ4v) is 3.28. The van der Waals surface area contributed by atoms with Gasteiger partial charge in [-0.1, -0.05) is 12.1 Å². The zero-order chi connectivity index (χ0) is 19.2. The predicted molar refractivity (Wildman–Crippen MR) is 98.8 cm³/mol. The summed E-state index contributed by atoms with van der Waals surface area (Å²) < 4.78 is 32.9. The third kappa shape index (κ3) is 5.47. The molecule has 1 amide bonds. The summed E-state index contributed by atoms with van der Waals surface area (Å²) in [5, 5.41) is 11.1. The van der Waals surface area contributed by atoms with Crippen LogP contribution in [0.2, 0.25) is 0 Å². The first kappa shape index (κ1) is 19.7. The van der Waals surface area contributed by atoms with Gasteiger partial charge in [0.15, 0.2) is 6.61 Å². The largest absolute Gasteiger partial charge is 0.484 e. The number of hydrogen-bond donors (Lipinski definition) is 3. The number of aryl methyl sites for hydroxylation is 2. The third-order valence-electron chi connectivity index (χ3n) is 3.58. The van der Waals surface area contributed by atoms with E-state index in [0.29, 0.717) is 11.4 Å². The van der Waals surface area contributed by atoms with Gasteiger partial charge in [-0.25, -0.2) is 8.42 Å². The molecule has 8 heteroatoms. The van der Waals surface area contributed by atoms with Crippen molar-refractivity contribution in [2.24, 2.45) is 0 Å². The molecule has 0 aliphatic heterocycles. The van der Waals surface area contributed by atoms with Crippen LogP contribution >= 0.6 is 0 Å². The summed E-state index contributed by atoms with van der Waals surface area (Å²) in [6.07, 6.45) is 0. The number of nitrogens with one attached hydrogen (secondary N) is 2. The number of aliphatic hydroxyl groups is 1. The molecule has 0 heterocycles. The van der Waals surface area contributed by atoms with Crippen LogP contribution in [0.5, 0.6) is 5.75 Å². The summed E-state index contributed by atoms with van der Waals surface area (Å²) in [5.74, 6) is 0.00201. The van der Waals surface area contributed by atoms with Crippen molar-refractivity contribution in [2.75, 3.05) is 24.5 Å². The Balaban J connectivity index is 2.04. The molecule has 0 aliphatic rings. The van der Waals surface area contributed by atoms with E-state index in [4.69, 9.17) is 9.84 Å². The maximum absolute atomic E-state index is 12.5. The molecule has 2 aromatic carbocycles. The average molecular weight is 378 g/mol. The highest BCUT2D eigenvalue weighted by molar-refractivity contribution is 7.92. The van der Waals surface area contributed by atoms with Gasteiger partial charge in [-0.15, -0.1) is 0 Å². The lowest BCUT2D eigenvalue weighted by Gasteiger charge is -2.12. The zero-order valence-corrected chi connectivity index (χ0v) is 15.5. The van der Waals surface area contributed by atoms with Crippen molar-refractivity contribution < 1.29 is 23.1 Å². The second-order valence-electron chi connectivity index (χ2n) is 5.76. The molecule has 0 atom stereocenters. The number of carbonyl (C=O) groups excluding carboxylic acids is 1. The molecule has 3 N–H and O–H groups in total. The summed E-state index contributed by atoms with van der Waals surface area (Å²) >= 11 is 0. The highest BCUT2D eigenvalue weighted by Crippen LogP contribution is 2.22. The van der Waals surface area contributed by atoms with Crippen LogP contribution in [-0.2, 0) is 14.8 Å². The van der Waals surface area contributed by atoms with Gasteiger partial charge in [-0.05, 0) is 55.3 Å². The van der Waals surface area contributed by atoms with Gasteiger partial charge in [0.25, 0.3) is 15.9 Å². The van der Waals surface area contributed by atoms with Gasteiger partial charge in [0.2, 0.25) is 0 Å². The number of benzene rings is 2. The molecule has 0 radical (unpaired) electrons. The Morgan fingerprint density at radius 1 is 1.12 bits per heavy atom. The van der Waals surface area contributed by atoms with E-state index in [-0.39, 0.29) is 30.6 Å². The normalized spacial score (nSPS) is 11.0. The Morgan fingerprint density at radius 2 is 1.81 bits per heavy atom. The second-order valence-corrected chi connectivity index (χ2v) is 7.44. The average Bonchev–Trinajstić information content (AvgIpc) is 2.61. The molecule has 0 fully saturated rings. The summed E-state index contributed by atoms with van der Waals surface area (Å²) in [6, 6.07) is 11.3. The SMILES string of the molecule is Cc1ccc(C)c(NS(=O)(=O)c2ccc(OCC(=O)NCCO)cc2)c1. The molecular formula is C18H22N2O5S. The minimum atomic E-state index is -3.73. The second kappa shape index (κ2) is 8.68. The number of carbonyl (C=O) groups is 1. The van der Waals surface area contributed by atoms with E-state index < -0.39 is 10.0 Å². The Labute approximate surface area is 153 Å². The van der Waals surface area contributed by atoms with Crippen LogP contribution in [0, 0.1) is 13.8 Å². The first-order chi connectivity index (χ1) is 12.3. The van der Waals surface area contributed by atoms with E-state index >= 15 is 0 Å². The summed E-state index contributed by atoms with van der Waals surface area (Å²) in [6.45, 7) is 3.51. The molecule has 0 unspecified atom stereocenters. The lowest BCUT2D eigenvalue weighted by Crippen LogP contribution is -2.31. The Kier molecular flexibility index (Phi) is 6.59. The van der Waals surface area contributed by atoms with Crippen molar-refractivity contribution in [1.29, 1.82) is 0 Å². The van der Waals surface area contributed by atoms with Crippen LogP contribution in [0.3, 0.4) is 0 Å². The number of amides is 1. The first-order valence-corrected chi connectivity index (χ1v) is 9.50. The molecule has 0 aromatic heterocycles. The zero-order valence-electron chi connectivity index (χ0n) is 14.7. The van der Waals surface area contributed by atoms with Crippen LogP contribution in [0.15, 0.2) is 47.4 Å². The van der Waals surface area contributed by atoms with Gasteiger partial charge in [0.05, 0.1) is 17.2 Å². The lowest BCUT2D eigenvalue weighted by atomic mass is 10.1. The third-order valence-corrected chi connectivity index (χ3v) is 4.96. The van der Waals surface area contributed by atoms with Crippen LogP contribution in [0.4, 0.5) is 5.69 Å². The minimum Gasteiger partial charge on any atom is -0.484 e. The van der Waals surface area contributed by atoms with E-state index in [9.17, 15) is 13.2 Å². The number of aliphatic hydroxyl groups excluding tert-OH is 1. The number of anilines is 1. The fourth-order valence-electron chi connectivity index (χ4n) is 2.16. The van der Waals surface area contributed by atoms with Crippen LogP contribution < -0.4 is 14.8 Å². The first-order valence-electron chi connectivity index (χ1n) is 8.02. The summed E-state index contributed by atoms with van der Waals surface area (Å²) in [7, 11) is -3.73. The van der Waals surface area contributed by atoms with Crippen LogP contribution in [0.25, 0.3) is 0 Å². The van der Waals surface area contributed by atoms with E-state index in [2.05, 4.69) is 10.0 Å². The number of sulfonamides is 1. The fraction of sp³-hybridized carbons (Fsp3) is 0.278. The minimum absolute atomic E-state index is 0.0930. The Hall–Kier alpha value is -2.58. The van der Waals surface area contributed by atoms with E-state index in [1.807, 2.05) is 26.0 Å². The molecule has 0 spiro atoms. The van der Waals surface area contributed by atoms with E-state index in [0.717, 1.165) is 11.1 Å². The van der Waals surface area contributed by atoms with Crippen molar-refractivity contribution in [3.05, 3.63) is 53.6 Å². The Bertz CT molecular complexity index is 864. The summed E-state index contributed by atoms with van der Waals surface area (Å²) in [4.78, 5) is 11.5. The molecule has 0 bridgehead atoms. The van der Waals surface area contributed by atoms with Crippen LogP contribution in [-0.4, -0.2) is 39.2 Å². The summed E-state index contributed by atoms with van der Waals surface area (Å²) in [5.41, 5.74) is 2.32. The van der Waals surface area contributed by atoms with Gasteiger partial charge in [0.1, 0.15) is 5.75 Å². The maximum atomic E-state index is 12.5. The molecule has 140 valence electrons. The highest BCUT2D eigenvalue weighted by atomic mass is 32.2. The van der Waals surface area contributed by atoms with E-state index in [1.165, 1.54) is 24.3 Å². The monoisotopic (exact) mass is 378 g/mol. The standard InChI is InChI=1S/C18H22N2O5S/c1-13-3-4-14(2)17(11-13)20-26(23,24)16-7-5-15(6-8-16)25-12-18(22)19-9-10-21/h3-8,11,20-21H,9-10,12H2,1-2H3,(H,19,22). The molecule has 2 rings (SSSR count). The quantitative estimate of drug-likeness (QED) is 0.647. The smallest absolute Gasteiger partial charge is 0.261 e. The highest BCUT2D eigenvalue weighted by Gasteiger charge is 2.15. The Morgan fingerprint density at radius 3 is 2.46 bits per heavy atom. The molecule has 0 aliphatic carbocycles. The van der Waals surface area contributed by atoms with Crippen molar-refractivity contribution in [2.45, 2.75) is 18.7 Å². The van der Waals surface area contributed by atoms with Gasteiger partial charge in [0, 0.05) is 6.54 Å². The van der Waals surface area contributed by atoms with Crippen molar-refractivity contribution in [3.63, 3.8) is 0 Å². The number of ether oxygens (including phenoxy) is 1.